The summed E-state index contributed by atoms with van der Waals surface area (Å²) in [4.78, 5) is 54.9. The van der Waals surface area contributed by atoms with E-state index in [9.17, 15) is 23.9 Å². The van der Waals surface area contributed by atoms with Crippen LogP contribution in [0.2, 0.25) is 0 Å². The Morgan fingerprint density at radius 1 is 0.833 bits per heavy atom. The second-order valence-corrected chi connectivity index (χ2v) is 17.0. The fourth-order valence-electron chi connectivity index (χ4n) is 10.2. The number of imide groups is 1. The van der Waals surface area contributed by atoms with Crippen molar-refractivity contribution in [2.24, 2.45) is 5.92 Å². The van der Waals surface area contributed by atoms with Crippen LogP contribution in [0.1, 0.15) is 105 Å². The first-order chi connectivity index (χ1) is 29.2. The Kier molecular flexibility index (Phi) is 13.6. The van der Waals surface area contributed by atoms with Gasteiger partial charge in [-0.25, -0.2) is 4.39 Å². The number of anilines is 1. The van der Waals surface area contributed by atoms with Crippen LogP contribution in [0.15, 0.2) is 78.9 Å². The summed E-state index contributed by atoms with van der Waals surface area (Å²) < 4.78 is 13.8. The maximum Gasteiger partial charge on any atom is 0.262 e. The molecule has 4 aromatic rings. The minimum absolute atomic E-state index is 0.137. The van der Waals surface area contributed by atoms with Crippen molar-refractivity contribution < 1.29 is 28.7 Å². The van der Waals surface area contributed by atoms with E-state index < -0.39 is 6.04 Å². The highest BCUT2D eigenvalue weighted by atomic mass is 19.1. The lowest BCUT2D eigenvalue weighted by Crippen LogP contribution is -2.53. The molecule has 3 atom stereocenters. The van der Waals surface area contributed by atoms with Gasteiger partial charge in [-0.2, -0.15) is 0 Å². The van der Waals surface area contributed by atoms with Crippen LogP contribution in [0.3, 0.4) is 0 Å². The molecule has 0 spiro atoms. The Bertz CT molecular complexity index is 2100. The first-order valence-corrected chi connectivity index (χ1v) is 21.4. The highest BCUT2D eigenvalue weighted by molar-refractivity contribution is 6.22. The molecule has 2 fully saturated rings. The van der Waals surface area contributed by atoms with Gasteiger partial charge < -0.3 is 29.8 Å². The number of carbonyl (C=O) groups is 4. The number of benzene rings is 4. The lowest BCUT2D eigenvalue weighted by molar-refractivity contribution is -0.111. The Morgan fingerprint density at radius 3 is 2.02 bits per heavy atom. The molecule has 0 radical (unpaired) electrons. The number of phenols is 1. The summed E-state index contributed by atoms with van der Waals surface area (Å²) in [6.07, 6.45) is 5.99. The van der Waals surface area contributed by atoms with Gasteiger partial charge in [0.2, 0.25) is 0 Å². The zero-order valence-corrected chi connectivity index (χ0v) is 35.1. The minimum Gasteiger partial charge on any atom is -0.508 e. The number of nitrogens with zero attached hydrogens (tertiary/aromatic N) is 4. The number of carbonyl (C=O) groups excluding carboxylic acids is 4. The molecule has 9 rings (SSSR count). The van der Waals surface area contributed by atoms with E-state index in [0.717, 1.165) is 101 Å². The maximum atomic E-state index is 13.8. The van der Waals surface area contributed by atoms with E-state index in [1.165, 1.54) is 27.3 Å². The number of likely N-dealkylation sites (tertiary alicyclic amines) is 1. The van der Waals surface area contributed by atoms with E-state index >= 15 is 0 Å². The van der Waals surface area contributed by atoms with Crippen LogP contribution in [0.5, 0.6) is 5.75 Å². The molecule has 2 saturated heterocycles. The SMILES string of the molecule is C=O.CCCC(C=O)N1C(=O)c2cc3c(cc2C1=O)CN(C1CCN(CC2CN(c4ccc([C@H]5c6ccc(O)cc6CC[C@H]5c5ccc(F)cc5)cc4)C2)CC1)C3.CNC. The molecule has 1 unspecified atom stereocenters. The van der Waals surface area contributed by atoms with Gasteiger partial charge in [0.25, 0.3) is 11.8 Å². The predicted octanol–water partition coefficient (Wildman–Crippen LogP) is 6.92. The molecule has 4 heterocycles. The molecule has 60 heavy (non-hydrogen) atoms. The number of nitrogens with one attached hydrogen (secondary N) is 1. The summed E-state index contributed by atoms with van der Waals surface area (Å²) in [5.41, 5.74) is 9.23. The minimum atomic E-state index is -0.698. The van der Waals surface area contributed by atoms with E-state index in [-0.39, 0.29) is 29.5 Å². The van der Waals surface area contributed by atoms with Gasteiger partial charge in [0.05, 0.1) is 17.2 Å². The number of piperidine rings is 1. The molecule has 0 bridgehead atoms. The number of aryl methyl sites for hydroxylation is 1. The highest BCUT2D eigenvalue weighted by Crippen LogP contribution is 2.47. The van der Waals surface area contributed by atoms with Gasteiger partial charge >= 0.3 is 0 Å². The largest absolute Gasteiger partial charge is 0.508 e. The van der Waals surface area contributed by atoms with Crippen molar-refractivity contribution in [1.29, 1.82) is 0 Å². The normalized spacial score (nSPS) is 20.9. The summed E-state index contributed by atoms with van der Waals surface area (Å²) in [5, 5.41) is 12.9. The molecule has 0 saturated carbocycles. The summed E-state index contributed by atoms with van der Waals surface area (Å²) in [6.45, 7) is 10.9. The average Bonchev–Trinajstić information content (AvgIpc) is 3.78. The quantitative estimate of drug-likeness (QED) is 0.130. The first-order valence-electron chi connectivity index (χ1n) is 21.4. The number of fused-ring (bicyclic) bond motifs is 3. The molecule has 4 aliphatic heterocycles. The second-order valence-electron chi connectivity index (χ2n) is 17.0. The third-order valence-electron chi connectivity index (χ3n) is 13.1. The molecule has 10 nitrogen and oxygen atoms in total. The Labute approximate surface area is 353 Å². The summed E-state index contributed by atoms with van der Waals surface area (Å²) >= 11 is 0. The average molecular weight is 816 g/mol. The molecular formula is C49H58FN5O5. The number of amides is 2. The monoisotopic (exact) mass is 815 g/mol. The Hall–Kier alpha value is -5.23. The molecular weight excluding hydrogens is 758 g/mol. The maximum absolute atomic E-state index is 13.8. The van der Waals surface area contributed by atoms with Gasteiger partial charge in [-0.1, -0.05) is 43.7 Å². The van der Waals surface area contributed by atoms with E-state index in [1.54, 1.807) is 18.2 Å². The molecule has 2 N–H and O–H groups in total. The first kappa shape index (κ1) is 42.9. The summed E-state index contributed by atoms with van der Waals surface area (Å²) in [6, 6.07) is 25.4. The van der Waals surface area contributed by atoms with Crippen LogP contribution in [-0.4, -0.2) is 104 Å². The fourth-order valence-corrected chi connectivity index (χ4v) is 10.2. The Morgan fingerprint density at radius 2 is 1.43 bits per heavy atom. The van der Waals surface area contributed by atoms with Gasteiger partial charge in [0, 0.05) is 56.3 Å². The zero-order valence-electron chi connectivity index (χ0n) is 35.1. The highest BCUT2D eigenvalue weighted by Gasteiger charge is 2.42. The van der Waals surface area contributed by atoms with Crippen molar-refractivity contribution in [3.05, 3.63) is 129 Å². The van der Waals surface area contributed by atoms with Crippen molar-refractivity contribution in [3.63, 3.8) is 0 Å². The number of aldehydes is 1. The van der Waals surface area contributed by atoms with Crippen LogP contribution in [-0.2, 0) is 29.1 Å². The van der Waals surface area contributed by atoms with Crippen LogP contribution in [0.25, 0.3) is 0 Å². The van der Waals surface area contributed by atoms with Gasteiger partial charge in [-0.3, -0.25) is 19.4 Å². The smallest absolute Gasteiger partial charge is 0.262 e. The third-order valence-corrected chi connectivity index (χ3v) is 13.1. The number of aromatic hydroxyl groups is 1. The van der Waals surface area contributed by atoms with Crippen molar-refractivity contribution in [3.8, 4) is 5.75 Å². The van der Waals surface area contributed by atoms with Crippen molar-refractivity contribution in [2.75, 3.05) is 51.7 Å². The Balaban J connectivity index is 0.00000104. The van der Waals surface area contributed by atoms with Crippen LogP contribution < -0.4 is 10.2 Å². The number of rotatable bonds is 10. The van der Waals surface area contributed by atoms with Crippen LogP contribution in [0, 0.1) is 11.7 Å². The standard InChI is InChI=1S/C46H49FN4O4.C2H7N.CH2O/c1-2-3-38(28-52)51-45(54)42-21-33-26-50(27-34(33)22-43(42)46(51)55)37-16-18-48(19-17-37)23-29-24-49(25-29)36-11-6-31(7-12-36)44-40(30-4-9-35(47)10-5-30)14-8-32-20-39(53)13-15-41(32)44;1-3-2;1-2/h4-7,9-13,15,20-22,28-29,37-38,40,44,53H,2-3,8,14,16-19,23-27H2,1H3;3H,1-2H3;1H2/t38?,40-,44+;;/m0../s1. The van der Waals surface area contributed by atoms with Crippen LogP contribution in [0.4, 0.5) is 10.1 Å². The molecule has 316 valence electrons. The van der Waals surface area contributed by atoms with E-state index in [4.69, 9.17) is 4.79 Å². The van der Waals surface area contributed by atoms with Crippen molar-refractivity contribution >= 4 is 30.6 Å². The summed E-state index contributed by atoms with van der Waals surface area (Å²) in [5.74, 6) is 0.425. The van der Waals surface area contributed by atoms with E-state index in [2.05, 4.69) is 50.3 Å². The molecule has 4 aromatic carbocycles. The number of halogens is 1. The van der Waals surface area contributed by atoms with Crippen molar-refractivity contribution in [1.82, 2.24) is 20.0 Å². The summed E-state index contributed by atoms with van der Waals surface area (Å²) in [7, 11) is 3.75. The molecule has 5 aliphatic rings. The van der Waals surface area contributed by atoms with Gasteiger partial charge in [0.1, 0.15) is 24.6 Å². The van der Waals surface area contributed by atoms with Gasteiger partial charge in [-0.15, -0.1) is 0 Å². The van der Waals surface area contributed by atoms with E-state index in [0.29, 0.717) is 35.3 Å². The zero-order chi connectivity index (χ0) is 42.5. The molecule has 11 heteroatoms. The second kappa shape index (κ2) is 19.0. The number of phenolic OH excluding ortho intramolecular Hbond substituents is 1. The van der Waals surface area contributed by atoms with Gasteiger partial charge in [0.15, 0.2) is 0 Å². The lowest BCUT2D eigenvalue weighted by atomic mass is 9.69. The number of hydrogen-bond donors (Lipinski definition) is 2. The molecule has 2 amide bonds. The number of hydrogen-bond acceptors (Lipinski definition) is 9. The van der Waals surface area contributed by atoms with Crippen LogP contribution >= 0.6 is 0 Å². The fraction of sp³-hybridized carbons (Fsp3) is 0.429. The molecule has 1 aliphatic carbocycles. The topological polar surface area (TPSA) is 114 Å². The van der Waals surface area contributed by atoms with Crippen molar-refractivity contribution in [2.45, 2.75) is 82.5 Å². The van der Waals surface area contributed by atoms with Gasteiger partial charge in [-0.05, 0) is 147 Å². The predicted molar refractivity (Wildman–Crippen MR) is 232 cm³/mol. The molecule has 0 aromatic heterocycles. The lowest BCUT2D eigenvalue weighted by Gasteiger charge is -2.45. The van der Waals surface area contributed by atoms with E-state index in [1.807, 2.05) is 58.1 Å². The third kappa shape index (κ3) is 8.66.